The lowest BCUT2D eigenvalue weighted by Crippen LogP contribution is -2.06. The molecule has 86 heavy (non-hydrogen) atoms. The number of benzene rings is 6. The number of halogens is 2. The maximum Gasteiger partial charge on any atom is 0.296 e. The summed E-state index contributed by atoms with van der Waals surface area (Å²) < 4.78 is 105. The second-order valence-electron chi connectivity index (χ2n) is 17.9. The summed E-state index contributed by atoms with van der Waals surface area (Å²) in [5.41, 5.74) is 3.35. The van der Waals surface area contributed by atoms with Crippen molar-refractivity contribution in [3.8, 4) is 23.1 Å². The first-order valence-electron chi connectivity index (χ1n) is 24.5. The van der Waals surface area contributed by atoms with Gasteiger partial charge in [0.15, 0.2) is 11.4 Å². The minimum Gasteiger partial charge on any atom is -0.492 e. The molecule has 0 unspecified atom stereocenters. The Kier molecular flexibility index (Phi) is 16.6. The van der Waals surface area contributed by atoms with Crippen molar-refractivity contribution >= 4 is 135 Å². The maximum absolute atomic E-state index is 12.7. The number of aryl methyl sites for hydroxylation is 2. The summed E-state index contributed by atoms with van der Waals surface area (Å²) in [7, 11) is -14.2. The van der Waals surface area contributed by atoms with Gasteiger partial charge in [-0.05, 0) is 145 Å². The summed E-state index contributed by atoms with van der Waals surface area (Å²) in [6.45, 7) is 3.16. The summed E-state index contributed by atoms with van der Waals surface area (Å²) in [6.07, 6.45) is 3.08. The number of aromatic nitrogens is 10. The van der Waals surface area contributed by atoms with E-state index < -0.39 is 56.6 Å². The first-order chi connectivity index (χ1) is 40.9. The van der Waals surface area contributed by atoms with Crippen LogP contribution in [0, 0.1) is 13.8 Å². The highest BCUT2D eigenvalue weighted by atomic mass is 35.5. The quantitative estimate of drug-likeness (QED) is 0.0206. The lowest BCUT2D eigenvalue weighted by atomic mass is 10.1. The number of hydrogen-bond donors (Lipinski definition) is 9. The van der Waals surface area contributed by atoms with Crippen molar-refractivity contribution in [1.29, 1.82) is 0 Å². The van der Waals surface area contributed by atoms with Gasteiger partial charge < -0.3 is 31.5 Å². The summed E-state index contributed by atoms with van der Waals surface area (Å²) in [5, 5.41) is 58.1. The molecule has 0 atom stereocenters. The Bertz CT molecular complexity index is 4710. The van der Waals surface area contributed by atoms with E-state index in [0.717, 1.165) is 22.9 Å². The third-order valence-electron chi connectivity index (χ3n) is 11.9. The fourth-order valence-electron chi connectivity index (χ4n) is 7.96. The number of hydrogen-bond acceptors (Lipinski definition) is 24. The Labute approximate surface area is 496 Å². The topological polar surface area (TPSA) is 414 Å². The Morgan fingerprint density at radius 2 is 0.953 bits per heavy atom. The van der Waals surface area contributed by atoms with E-state index >= 15 is 0 Å². The zero-order valence-electron chi connectivity index (χ0n) is 43.9. The molecule has 0 aliphatic carbocycles. The second kappa shape index (κ2) is 24.2. The van der Waals surface area contributed by atoms with Crippen molar-refractivity contribution in [3.05, 3.63) is 173 Å². The van der Waals surface area contributed by atoms with E-state index in [1.165, 1.54) is 60.1 Å². The molecule has 0 saturated heterocycles. The molecule has 6 aromatic carbocycles. The molecule has 9 N–H and O–H groups in total. The summed E-state index contributed by atoms with van der Waals surface area (Å²) in [4.78, 5) is 23.6. The van der Waals surface area contributed by atoms with E-state index in [-0.39, 0.29) is 79.9 Å². The van der Waals surface area contributed by atoms with Crippen LogP contribution >= 0.6 is 23.2 Å². The second-order valence-corrected chi connectivity index (χ2v) is 22.8. The molecule has 29 nitrogen and oxygen atoms in total. The zero-order chi connectivity index (χ0) is 61.1. The zero-order valence-corrected chi connectivity index (χ0v) is 47.8. The molecule has 10 rings (SSSR count). The van der Waals surface area contributed by atoms with Gasteiger partial charge in [0.25, 0.3) is 30.4 Å². The van der Waals surface area contributed by atoms with E-state index in [1.54, 1.807) is 73.7 Å². The van der Waals surface area contributed by atoms with E-state index in [1.807, 2.05) is 18.2 Å². The number of nitrogens with zero attached hydrogens (tertiary/aromatic N) is 14. The van der Waals surface area contributed by atoms with Gasteiger partial charge in [0, 0.05) is 22.7 Å². The normalized spacial score (nSPS) is 12.1. The van der Waals surface area contributed by atoms with Crippen LogP contribution in [0.3, 0.4) is 0 Å². The van der Waals surface area contributed by atoms with Crippen molar-refractivity contribution in [2.45, 2.75) is 28.5 Å². The number of aromatic hydroxyl groups is 2. The average molecular weight is 1260 g/mol. The van der Waals surface area contributed by atoms with Crippen molar-refractivity contribution in [2.75, 3.05) is 21.3 Å². The number of rotatable bonds is 19. The molecule has 0 saturated carbocycles. The van der Waals surface area contributed by atoms with Crippen molar-refractivity contribution < 1.29 is 49.1 Å². The van der Waals surface area contributed by atoms with Crippen LogP contribution in [0.2, 0.25) is 10.6 Å². The summed E-state index contributed by atoms with van der Waals surface area (Å²) >= 11 is 12.5. The molecule has 0 amide bonds. The largest absolute Gasteiger partial charge is 0.492 e. The van der Waals surface area contributed by atoms with Crippen LogP contribution in [0.5, 0.6) is 11.8 Å². The molecule has 436 valence electrons. The van der Waals surface area contributed by atoms with Crippen LogP contribution in [0.15, 0.2) is 175 Å². The van der Waals surface area contributed by atoms with Crippen LogP contribution in [0.4, 0.5) is 69.3 Å². The van der Waals surface area contributed by atoms with Gasteiger partial charge in [-0.25, -0.2) is 0 Å². The monoisotopic (exact) mass is 1260 g/mol. The third kappa shape index (κ3) is 14.1. The van der Waals surface area contributed by atoms with Gasteiger partial charge in [0.05, 0.1) is 33.3 Å². The summed E-state index contributed by atoms with van der Waals surface area (Å²) in [6, 6.07) is 34.8. The highest BCUT2D eigenvalue weighted by Gasteiger charge is 2.22. The van der Waals surface area contributed by atoms with Gasteiger partial charge >= 0.3 is 0 Å². The lowest BCUT2D eigenvalue weighted by molar-refractivity contribution is 0.434. The molecule has 0 aliphatic rings. The molecule has 0 radical (unpaired) electrons. The fourth-order valence-corrected chi connectivity index (χ4v) is 10.1. The molecule has 0 aliphatic heterocycles. The Balaban J connectivity index is 0.792. The molecule has 4 heterocycles. The van der Waals surface area contributed by atoms with E-state index in [4.69, 9.17) is 23.2 Å². The van der Waals surface area contributed by atoms with Crippen LogP contribution in [0.25, 0.3) is 23.5 Å². The molecule has 0 fully saturated rings. The van der Waals surface area contributed by atoms with Gasteiger partial charge in [-0.2, -0.15) is 79.8 Å². The Morgan fingerprint density at radius 1 is 0.465 bits per heavy atom. The van der Waals surface area contributed by atoms with Crippen LogP contribution in [-0.2, 0) is 30.4 Å². The lowest BCUT2D eigenvalue weighted by Gasteiger charge is -2.11. The van der Waals surface area contributed by atoms with Crippen molar-refractivity contribution in [3.63, 3.8) is 0 Å². The standard InChI is InChI=1S/C52H40Cl2N18O11S3/c1-28-43(45(73)71(69-28)37-9-4-3-5-10-37)67-65-36-8-6-7-33(25-36)56-50-60-48(54)62-52(64-50)58-35-18-15-31(42(27-35)86(81,82)83)14-11-30-12-16-32(17-13-30)55-49-59-47(53)61-51(63-49)57-34-19-24-41(85(78,79)80)40(26-34)66-68-44-29(2)70-72(46(44)74)38-20-22-39(23-21-38)84(75,76)77/h3-27,73-74H,1-2H3,(H,75,76,77)(H,78,79,80)(H,81,82,83)(H2,55,57,59,61,63)(H2,56,58,60,62,64)/b14-11?,67-65+,68-66+. The molecule has 0 bridgehead atoms. The molecular weight excluding hydrogens is 1220 g/mol. The maximum atomic E-state index is 12.7. The minimum absolute atomic E-state index is 0.00785. The van der Waals surface area contributed by atoms with Crippen molar-refractivity contribution in [2.24, 2.45) is 20.5 Å². The Morgan fingerprint density at radius 3 is 1.50 bits per heavy atom. The van der Waals surface area contributed by atoms with Gasteiger partial charge in [-0.1, -0.05) is 54.6 Å². The predicted molar refractivity (Wildman–Crippen MR) is 315 cm³/mol. The van der Waals surface area contributed by atoms with E-state index in [2.05, 4.69) is 81.8 Å². The van der Waals surface area contributed by atoms with Crippen LogP contribution < -0.4 is 21.3 Å². The minimum atomic E-state index is -4.88. The van der Waals surface area contributed by atoms with Crippen LogP contribution in [-0.4, -0.2) is 98.6 Å². The molecule has 10 aromatic rings. The molecule has 34 heteroatoms. The number of azo groups is 2. The third-order valence-corrected chi connectivity index (χ3v) is 14.9. The molecule has 4 aromatic heterocycles. The highest BCUT2D eigenvalue weighted by Crippen LogP contribution is 2.38. The Hall–Kier alpha value is -10.2. The highest BCUT2D eigenvalue weighted by molar-refractivity contribution is 7.86. The molecular formula is C52H40Cl2N18O11S3. The summed E-state index contributed by atoms with van der Waals surface area (Å²) in [5.74, 6) is -0.972. The average Bonchev–Trinajstić information content (AvgIpc) is 2.77. The SMILES string of the molecule is Cc1nn(-c2ccccc2)c(O)c1/N=N/c1cccc(Nc2nc(Cl)nc(Nc3ccc(C=Cc4ccc(Nc5nc(Cl)nc(Nc6ccc(S(=O)(=O)O)c(/N=N/c7c(C)nn(-c8ccc(S(=O)(=O)O)cc8)c7O)c6)n5)cc4)c(S(=O)(=O)O)c3)n2)c1. The van der Waals surface area contributed by atoms with Gasteiger partial charge in [0.2, 0.25) is 46.1 Å². The first-order valence-corrected chi connectivity index (χ1v) is 29.5. The van der Waals surface area contributed by atoms with E-state index in [0.29, 0.717) is 34.0 Å². The van der Waals surface area contributed by atoms with E-state index in [9.17, 15) is 49.1 Å². The molecule has 0 spiro atoms. The van der Waals surface area contributed by atoms with Gasteiger partial charge in [-0.15, -0.1) is 15.3 Å². The smallest absolute Gasteiger partial charge is 0.296 e. The van der Waals surface area contributed by atoms with Gasteiger partial charge in [0.1, 0.15) is 15.5 Å². The predicted octanol–water partition coefficient (Wildman–Crippen LogP) is 11.5. The number of nitrogens with one attached hydrogen (secondary N) is 4. The fraction of sp³-hybridized carbons (Fsp3) is 0.0385. The number of anilines is 8. The first kappa shape index (κ1) is 59.0. The van der Waals surface area contributed by atoms with Crippen molar-refractivity contribution in [1.82, 2.24) is 49.5 Å². The van der Waals surface area contributed by atoms with Gasteiger partial charge in [-0.3, -0.25) is 13.7 Å². The number of para-hydroxylation sites is 1. The van der Waals surface area contributed by atoms with Crippen LogP contribution in [0.1, 0.15) is 22.5 Å².